The summed E-state index contributed by atoms with van der Waals surface area (Å²) < 4.78 is 6.13. The van der Waals surface area contributed by atoms with Gasteiger partial charge in [-0.25, -0.2) is 4.98 Å². The number of aromatic amines is 1. The zero-order valence-electron chi connectivity index (χ0n) is 16.4. The molecule has 6 rings (SSSR count). The van der Waals surface area contributed by atoms with E-state index in [2.05, 4.69) is 42.2 Å². The molecule has 0 saturated carbocycles. The van der Waals surface area contributed by atoms with Crippen LogP contribution in [0, 0.1) is 6.92 Å². The van der Waals surface area contributed by atoms with Gasteiger partial charge in [-0.15, -0.1) is 5.10 Å². The van der Waals surface area contributed by atoms with Gasteiger partial charge in [0.15, 0.2) is 0 Å². The van der Waals surface area contributed by atoms with E-state index in [1.54, 1.807) is 18.7 Å². The molecule has 0 spiro atoms. The van der Waals surface area contributed by atoms with Gasteiger partial charge in [0.2, 0.25) is 5.89 Å². The van der Waals surface area contributed by atoms with Gasteiger partial charge in [0, 0.05) is 49.2 Å². The quantitative estimate of drug-likeness (QED) is 0.722. The second-order valence-electron chi connectivity index (χ2n) is 7.66. The Hall–Kier alpha value is -3.75. The highest BCUT2D eigenvalue weighted by atomic mass is 16.4. The van der Waals surface area contributed by atoms with Crippen molar-refractivity contribution in [3.05, 3.63) is 66.2 Å². The van der Waals surface area contributed by atoms with Crippen LogP contribution in [0.1, 0.15) is 29.4 Å². The fourth-order valence-electron chi connectivity index (χ4n) is 4.34. The van der Waals surface area contributed by atoms with Crippen molar-refractivity contribution >= 4 is 11.7 Å². The third-order valence-electron chi connectivity index (χ3n) is 5.84. The lowest BCUT2D eigenvalue weighted by Gasteiger charge is -2.33. The molecule has 3 aliphatic rings. The molecular weight excluding hydrogens is 380 g/mol. The van der Waals surface area contributed by atoms with E-state index in [0.717, 1.165) is 47.6 Å². The molecule has 0 radical (unpaired) electrons. The molecule has 0 aliphatic carbocycles. The minimum atomic E-state index is -0.140. The lowest BCUT2D eigenvalue weighted by molar-refractivity contribution is 0.368. The lowest BCUT2D eigenvalue weighted by atomic mass is 9.95. The smallest absolute Gasteiger partial charge is 0.319 e. The van der Waals surface area contributed by atoms with E-state index in [4.69, 9.17) is 9.52 Å². The second-order valence-corrected chi connectivity index (χ2v) is 7.66. The number of imidazole rings is 1. The van der Waals surface area contributed by atoms with Gasteiger partial charge in [0.25, 0.3) is 0 Å². The number of H-pyrrole nitrogens is 1. The van der Waals surface area contributed by atoms with Crippen LogP contribution in [0.5, 0.6) is 0 Å². The summed E-state index contributed by atoms with van der Waals surface area (Å²) in [5, 5.41) is 15.6. The molecule has 3 aliphatic heterocycles. The normalized spacial score (nSPS) is 22.2. The number of aryl methyl sites for hydroxylation is 1. The summed E-state index contributed by atoms with van der Waals surface area (Å²) in [5.74, 6) is 0.494. The number of hydrazone groups is 1. The first-order valence-corrected chi connectivity index (χ1v) is 10.0. The first-order valence-electron chi connectivity index (χ1n) is 10.0. The molecule has 3 aromatic heterocycles. The largest absolute Gasteiger partial charge is 0.403 e. The fraction of sp³-hybridized carbons (Fsp3) is 0.286. The van der Waals surface area contributed by atoms with Gasteiger partial charge in [0.1, 0.15) is 6.04 Å². The van der Waals surface area contributed by atoms with Crippen LogP contribution in [0.15, 0.2) is 58.7 Å². The highest BCUT2D eigenvalue weighted by Crippen LogP contribution is 2.37. The number of aromatic nitrogens is 5. The number of hydrogen-bond acceptors (Lipinski definition) is 8. The number of fused-ring (bicyclic) bond motifs is 2. The van der Waals surface area contributed by atoms with E-state index in [1.165, 1.54) is 0 Å². The summed E-state index contributed by atoms with van der Waals surface area (Å²) in [7, 11) is 0. The molecule has 30 heavy (non-hydrogen) atoms. The Kier molecular flexibility index (Phi) is 3.80. The molecule has 9 heteroatoms. The van der Waals surface area contributed by atoms with Crippen LogP contribution in [0.3, 0.4) is 0 Å². The minimum absolute atomic E-state index is 0.140. The maximum absolute atomic E-state index is 6.13. The number of nitrogens with zero attached hydrogens (tertiary/aromatic N) is 7. The SMILES string of the molecule is Cc1cnccc1-c1nnc(N2CCc3[nH]cnc3[C@H]2C2=NN3C=CC=CC3C2)o1. The Morgan fingerprint density at radius 2 is 2.20 bits per heavy atom. The summed E-state index contributed by atoms with van der Waals surface area (Å²) >= 11 is 0. The topological polar surface area (TPSA) is 99.3 Å². The third kappa shape index (κ3) is 2.66. The highest BCUT2D eigenvalue weighted by Gasteiger charge is 2.40. The molecule has 1 N–H and O–H groups in total. The molecule has 150 valence electrons. The van der Waals surface area contributed by atoms with Gasteiger partial charge in [-0.3, -0.25) is 9.99 Å². The molecule has 0 aromatic carbocycles. The van der Waals surface area contributed by atoms with Gasteiger partial charge >= 0.3 is 6.01 Å². The minimum Gasteiger partial charge on any atom is -0.403 e. The lowest BCUT2D eigenvalue weighted by Crippen LogP contribution is -2.40. The van der Waals surface area contributed by atoms with Crippen molar-refractivity contribution in [1.82, 2.24) is 30.2 Å². The number of rotatable bonds is 3. The fourth-order valence-corrected chi connectivity index (χ4v) is 4.34. The number of nitrogens with one attached hydrogen (secondary N) is 1. The van der Waals surface area contributed by atoms with E-state index in [-0.39, 0.29) is 12.1 Å². The van der Waals surface area contributed by atoms with Crippen molar-refractivity contribution in [3.8, 4) is 11.5 Å². The average Bonchev–Trinajstić information content (AvgIpc) is 3.51. The Morgan fingerprint density at radius 1 is 1.23 bits per heavy atom. The summed E-state index contributed by atoms with van der Waals surface area (Å²) in [5.41, 5.74) is 5.05. The Labute approximate surface area is 172 Å². The molecule has 0 saturated heterocycles. The molecular formula is C21H20N8O. The number of allylic oxidation sites excluding steroid dienone is 2. The van der Waals surface area contributed by atoms with Crippen LogP contribution in [-0.2, 0) is 6.42 Å². The zero-order chi connectivity index (χ0) is 20.1. The average molecular weight is 400 g/mol. The number of anilines is 1. The Bertz CT molecular complexity index is 1190. The van der Waals surface area contributed by atoms with Crippen LogP contribution in [0.4, 0.5) is 6.01 Å². The molecule has 1 unspecified atom stereocenters. The van der Waals surface area contributed by atoms with Crippen LogP contribution in [0.2, 0.25) is 0 Å². The van der Waals surface area contributed by atoms with Gasteiger partial charge in [-0.1, -0.05) is 17.3 Å². The summed E-state index contributed by atoms with van der Waals surface area (Å²) in [6.45, 7) is 2.72. The van der Waals surface area contributed by atoms with E-state index >= 15 is 0 Å². The van der Waals surface area contributed by atoms with Crippen LogP contribution < -0.4 is 4.90 Å². The summed E-state index contributed by atoms with van der Waals surface area (Å²) in [6, 6.07) is 2.48. The van der Waals surface area contributed by atoms with Crippen molar-refractivity contribution in [1.29, 1.82) is 0 Å². The molecule has 6 heterocycles. The maximum Gasteiger partial charge on any atom is 0.319 e. The van der Waals surface area contributed by atoms with Gasteiger partial charge in [0.05, 0.1) is 23.8 Å². The van der Waals surface area contributed by atoms with Gasteiger partial charge in [-0.2, -0.15) is 5.10 Å². The predicted octanol–water partition coefficient (Wildman–Crippen LogP) is 2.78. The van der Waals surface area contributed by atoms with E-state index in [1.807, 2.05) is 30.3 Å². The highest BCUT2D eigenvalue weighted by molar-refractivity contribution is 5.95. The monoisotopic (exact) mass is 400 g/mol. The second kappa shape index (κ2) is 6.65. The molecule has 0 amide bonds. The number of pyridine rings is 1. The maximum atomic E-state index is 6.13. The van der Waals surface area contributed by atoms with Crippen molar-refractivity contribution in [3.63, 3.8) is 0 Å². The third-order valence-corrected chi connectivity index (χ3v) is 5.84. The zero-order valence-corrected chi connectivity index (χ0v) is 16.4. The first-order chi connectivity index (χ1) is 14.8. The molecule has 0 fully saturated rings. The number of hydrogen-bond donors (Lipinski definition) is 1. The molecule has 3 aromatic rings. The van der Waals surface area contributed by atoms with Crippen LogP contribution in [0.25, 0.3) is 11.5 Å². The molecule has 2 atom stereocenters. The van der Waals surface area contributed by atoms with Crippen molar-refractivity contribution in [2.75, 3.05) is 11.4 Å². The molecule has 9 nitrogen and oxygen atoms in total. The first kappa shape index (κ1) is 17.1. The van der Waals surface area contributed by atoms with Gasteiger partial charge < -0.3 is 14.3 Å². The van der Waals surface area contributed by atoms with E-state index in [0.29, 0.717) is 11.9 Å². The standard InChI is InChI=1S/C21H20N8O/c1-13-11-22-7-5-15(13)20-25-26-21(30-20)28-9-6-16-18(24-12-23-16)19(28)17-10-14-4-2-3-8-29(14)27-17/h2-5,7-8,11-12,14,19H,6,9-10H2,1H3,(H,23,24)/t14?,19-/m1/s1. The van der Waals surface area contributed by atoms with Crippen molar-refractivity contribution in [2.24, 2.45) is 5.10 Å². The predicted molar refractivity (Wildman–Crippen MR) is 111 cm³/mol. The van der Waals surface area contributed by atoms with Crippen molar-refractivity contribution in [2.45, 2.75) is 31.8 Å². The Balaban J connectivity index is 1.39. The summed E-state index contributed by atoms with van der Waals surface area (Å²) in [6.07, 6.45) is 15.2. The van der Waals surface area contributed by atoms with Gasteiger partial charge in [-0.05, 0) is 24.6 Å². The summed E-state index contributed by atoms with van der Waals surface area (Å²) in [4.78, 5) is 14.2. The van der Waals surface area contributed by atoms with Crippen LogP contribution in [-0.4, -0.2) is 48.5 Å². The van der Waals surface area contributed by atoms with E-state index < -0.39 is 0 Å². The van der Waals surface area contributed by atoms with Crippen LogP contribution >= 0.6 is 0 Å². The van der Waals surface area contributed by atoms with E-state index in [9.17, 15) is 0 Å². The molecule has 0 bridgehead atoms. The Morgan fingerprint density at radius 3 is 3.10 bits per heavy atom. The van der Waals surface area contributed by atoms with Crippen molar-refractivity contribution < 1.29 is 4.42 Å².